The van der Waals surface area contributed by atoms with Crippen LogP contribution in [0.5, 0.6) is 5.75 Å². The molecule has 0 aliphatic carbocycles. The fourth-order valence-corrected chi connectivity index (χ4v) is 6.14. The number of rotatable bonds is 7. The predicted molar refractivity (Wildman–Crippen MR) is 128 cm³/mol. The molecule has 0 radical (unpaired) electrons. The zero-order valence-corrected chi connectivity index (χ0v) is 20.5. The Labute approximate surface area is 196 Å². The first kappa shape index (κ1) is 23.8. The van der Waals surface area contributed by atoms with E-state index in [4.69, 9.17) is 4.74 Å². The van der Waals surface area contributed by atoms with Crippen LogP contribution in [0.15, 0.2) is 41.4 Å². The Kier molecular flexibility index (Phi) is 7.11. The Hall–Kier alpha value is -2.36. The van der Waals surface area contributed by atoms with Gasteiger partial charge in [0, 0.05) is 44.1 Å². The number of anilines is 1. The molecule has 1 aromatic carbocycles. The van der Waals surface area contributed by atoms with Crippen LogP contribution >= 0.6 is 0 Å². The Bertz CT molecular complexity index is 1090. The molecule has 180 valence electrons. The van der Waals surface area contributed by atoms with Crippen LogP contribution in [-0.4, -0.2) is 60.4 Å². The minimum Gasteiger partial charge on any atom is -0.489 e. The van der Waals surface area contributed by atoms with Crippen LogP contribution in [0.3, 0.4) is 0 Å². The number of aromatic nitrogens is 1. The molecule has 0 spiro atoms. The molecule has 1 atom stereocenters. The number of carbonyl (C=O) groups excluding carboxylic acids is 1. The van der Waals surface area contributed by atoms with Gasteiger partial charge in [-0.25, -0.2) is 8.42 Å². The highest BCUT2D eigenvalue weighted by molar-refractivity contribution is 7.89. The summed E-state index contributed by atoms with van der Waals surface area (Å²) in [6.45, 7) is 8.78. The van der Waals surface area contributed by atoms with E-state index in [2.05, 4.69) is 34.0 Å². The molecular weight excluding hydrogens is 440 g/mol. The molecule has 2 aromatic rings. The summed E-state index contributed by atoms with van der Waals surface area (Å²) in [6.07, 6.45) is 4.74. The summed E-state index contributed by atoms with van der Waals surface area (Å²) >= 11 is 0. The van der Waals surface area contributed by atoms with Crippen molar-refractivity contribution in [3.63, 3.8) is 0 Å². The smallest absolute Gasteiger partial charge is 0.243 e. The van der Waals surface area contributed by atoms with Gasteiger partial charge in [-0.3, -0.25) is 9.69 Å². The fraction of sp³-hybridized carbons (Fsp3) is 0.542. The van der Waals surface area contributed by atoms with Crippen molar-refractivity contribution in [3.8, 4) is 5.75 Å². The molecular formula is C24H34N4O4S. The maximum absolute atomic E-state index is 13.2. The van der Waals surface area contributed by atoms with Crippen LogP contribution in [0.2, 0.25) is 0 Å². The maximum atomic E-state index is 13.2. The minimum atomic E-state index is -3.62. The van der Waals surface area contributed by atoms with Crippen molar-refractivity contribution in [3.05, 3.63) is 42.2 Å². The topological polar surface area (TPSA) is 83.9 Å². The van der Waals surface area contributed by atoms with Crippen LogP contribution in [0.4, 0.5) is 5.69 Å². The minimum absolute atomic E-state index is 0.111. The van der Waals surface area contributed by atoms with Crippen LogP contribution in [0.1, 0.15) is 51.8 Å². The van der Waals surface area contributed by atoms with Gasteiger partial charge in [-0.1, -0.05) is 6.42 Å². The first-order valence-electron chi connectivity index (χ1n) is 11.8. The standard InChI is InChI=1S/C24H34N4O4S/c1-18(2)32-23-10-9-20(33(30,31)28-12-5-4-6-13-28)16-21(23)25-24(29)17-27-15-14-26-11-7-8-22(26)19(27)3/h7-11,16,18-19H,4-6,12-15,17H2,1-3H3,(H,25,29)/t19-/m0/s1. The predicted octanol–water partition coefficient (Wildman–Crippen LogP) is 3.47. The van der Waals surface area contributed by atoms with Crippen LogP contribution in [-0.2, 0) is 21.4 Å². The Balaban J connectivity index is 1.53. The fourth-order valence-electron chi connectivity index (χ4n) is 4.60. The monoisotopic (exact) mass is 474 g/mol. The lowest BCUT2D eigenvalue weighted by Crippen LogP contribution is -2.41. The molecule has 0 unspecified atom stereocenters. The van der Waals surface area contributed by atoms with Crippen LogP contribution < -0.4 is 10.1 Å². The highest BCUT2D eigenvalue weighted by Crippen LogP contribution is 2.31. The summed E-state index contributed by atoms with van der Waals surface area (Å²) in [7, 11) is -3.62. The number of nitrogens with one attached hydrogen (secondary N) is 1. The van der Waals surface area contributed by atoms with E-state index in [0.29, 0.717) is 24.5 Å². The molecule has 8 nitrogen and oxygen atoms in total. The molecule has 4 rings (SSSR count). The Morgan fingerprint density at radius 2 is 1.88 bits per heavy atom. The van der Waals surface area contributed by atoms with Gasteiger partial charge in [0.15, 0.2) is 0 Å². The lowest BCUT2D eigenvalue weighted by Gasteiger charge is -2.34. The maximum Gasteiger partial charge on any atom is 0.243 e. The van der Waals surface area contributed by atoms with E-state index in [1.165, 1.54) is 16.1 Å². The van der Waals surface area contributed by atoms with Gasteiger partial charge in [0.25, 0.3) is 0 Å². The van der Waals surface area contributed by atoms with Gasteiger partial charge < -0.3 is 14.6 Å². The number of hydrogen-bond donors (Lipinski definition) is 1. The Morgan fingerprint density at radius 3 is 2.61 bits per heavy atom. The third kappa shape index (κ3) is 5.26. The first-order chi connectivity index (χ1) is 15.8. The number of piperidine rings is 1. The average molecular weight is 475 g/mol. The van der Waals surface area contributed by atoms with E-state index in [-0.39, 0.29) is 29.5 Å². The van der Waals surface area contributed by atoms with Crippen molar-refractivity contribution in [2.45, 2.75) is 63.6 Å². The molecule has 1 amide bonds. The molecule has 1 fully saturated rings. The van der Waals surface area contributed by atoms with Crippen molar-refractivity contribution in [2.24, 2.45) is 0 Å². The zero-order chi connectivity index (χ0) is 23.6. The summed E-state index contributed by atoms with van der Waals surface area (Å²) in [4.78, 5) is 15.3. The molecule has 2 aliphatic rings. The second-order valence-corrected chi connectivity index (χ2v) is 11.0. The van der Waals surface area contributed by atoms with E-state index >= 15 is 0 Å². The molecule has 0 saturated carbocycles. The summed E-state index contributed by atoms with van der Waals surface area (Å²) < 4.78 is 36.0. The zero-order valence-electron chi connectivity index (χ0n) is 19.7. The van der Waals surface area contributed by atoms with Crippen LogP contribution in [0, 0.1) is 0 Å². The number of hydrogen-bond acceptors (Lipinski definition) is 5. The molecule has 2 aliphatic heterocycles. The van der Waals surface area contributed by atoms with Crippen LogP contribution in [0.25, 0.3) is 0 Å². The number of nitrogens with zero attached hydrogens (tertiary/aromatic N) is 3. The molecule has 0 bridgehead atoms. The third-order valence-corrected chi connectivity index (χ3v) is 8.25. The van der Waals surface area contributed by atoms with Gasteiger partial charge in [0.05, 0.1) is 23.2 Å². The number of amides is 1. The van der Waals surface area contributed by atoms with Gasteiger partial charge in [-0.15, -0.1) is 0 Å². The molecule has 1 N–H and O–H groups in total. The normalized spacial score (nSPS) is 19.9. The average Bonchev–Trinajstić information content (AvgIpc) is 3.27. The molecule has 33 heavy (non-hydrogen) atoms. The van der Waals surface area contributed by atoms with Gasteiger partial charge in [-0.05, 0) is 63.9 Å². The van der Waals surface area contributed by atoms with Gasteiger partial charge in [0.2, 0.25) is 15.9 Å². The van der Waals surface area contributed by atoms with E-state index < -0.39 is 10.0 Å². The van der Waals surface area contributed by atoms with E-state index in [1.807, 2.05) is 19.9 Å². The number of sulfonamides is 1. The molecule has 3 heterocycles. The summed E-state index contributed by atoms with van der Waals surface area (Å²) in [5.74, 6) is 0.277. The molecule has 1 saturated heterocycles. The Morgan fingerprint density at radius 1 is 1.12 bits per heavy atom. The van der Waals surface area contributed by atoms with Crippen molar-refractivity contribution in [2.75, 3.05) is 31.5 Å². The van der Waals surface area contributed by atoms with Crippen molar-refractivity contribution in [1.29, 1.82) is 0 Å². The highest BCUT2D eigenvalue weighted by Gasteiger charge is 2.28. The van der Waals surface area contributed by atoms with Crippen molar-refractivity contribution < 1.29 is 17.9 Å². The van der Waals surface area contributed by atoms with Gasteiger partial charge in [-0.2, -0.15) is 4.31 Å². The van der Waals surface area contributed by atoms with Crippen molar-refractivity contribution >= 4 is 21.6 Å². The lowest BCUT2D eigenvalue weighted by atomic mass is 10.1. The number of carbonyl (C=O) groups is 1. The van der Waals surface area contributed by atoms with Gasteiger partial charge in [0.1, 0.15) is 5.75 Å². The SMILES string of the molecule is CC(C)Oc1ccc(S(=O)(=O)N2CCCCC2)cc1NC(=O)CN1CCn2cccc2[C@@H]1C. The quantitative estimate of drug-likeness (QED) is 0.664. The highest BCUT2D eigenvalue weighted by atomic mass is 32.2. The lowest BCUT2D eigenvalue weighted by molar-refractivity contribution is -0.118. The third-order valence-electron chi connectivity index (χ3n) is 6.36. The molecule has 1 aromatic heterocycles. The number of benzene rings is 1. The van der Waals surface area contributed by atoms with E-state index in [1.54, 1.807) is 12.1 Å². The molecule has 9 heteroatoms. The van der Waals surface area contributed by atoms with Crippen molar-refractivity contribution in [1.82, 2.24) is 13.8 Å². The first-order valence-corrected chi connectivity index (χ1v) is 13.2. The second-order valence-electron chi connectivity index (χ2n) is 9.11. The van der Waals surface area contributed by atoms with E-state index in [9.17, 15) is 13.2 Å². The number of fused-ring (bicyclic) bond motifs is 1. The van der Waals surface area contributed by atoms with Gasteiger partial charge >= 0.3 is 0 Å². The summed E-state index contributed by atoms with van der Waals surface area (Å²) in [5, 5.41) is 2.92. The summed E-state index contributed by atoms with van der Waals surface area (Å²) in [5.41, 5.74) is 1.58. The second kappa shape index (κ2) is 9.87. The largest absolute Gasteiger partial charge is 0.489 e. The van der Waals surface area contributed by atoms with E-state index in [0.717, 1.165) is 32.4 Å². The number of ether oxygens (including phenoxy) is 1. The summed E-state index contributed by atoms with van der Waals surface area (Å²) in [6, 6.07) is 8.97.